The van der Waals surface area contributed by atoms with Crippen molar-refractivity contribution in [3.8, 4) is 11.1 Å². The van der Waals surface area contributed by atoms with Crippen molar-refractivity contribution < 1.29 is 13.2 Å². The average Bonchev–Trinajstić information content (AvgIpc) is 2.27. The third-order valence-electron chi connectivity index (χ3n) is 2.34. The van der Waals surface area contributed by atoms with Crippen molar-refractivity contribution in [3.05, 3.63) is 40.1 Å². The van der Waals surface area contributed by atoms with Gasteiger partial charge in [0.15, 0.2) is 0 Å². The van der Waals surface area contributed by atoms with E-state index in [1.54, 1.807) is 0 Å². The number of hydrogen-bond donors (Lipinski definition) is 1. The molecule has 0 amide bonds. The predicted molar refractivity (Wildman–Crippen MR) is 66.9 cm³/mol. The second-order valence-corrected chi connectivity index (χ2v) is 4.33. The van der Waals surface area contributed by atoms with Gasteiger partial charge in [-0.2, -0.15) is 13.2 Å². The van der Waals surface area contributed by atoms with E-state index in [0.29, 0.717) is 5.56 Å². The van der Waals surface area contributed by atoms with Crippen molar-refractivity contribution in [1.29, 1.82) is 0 Å². The van der Waals surface area contributed by atoms with Crippen LogP contribution in [0.3, 0.4) is 0 Å². The van der Waals surface area contributed by atoms with Crippen LogP contribution in [0.4, 0.5) is 19.1 Å². The maximum absolute atomic E-state index is 12.4. The van der Waals surface area contributed by atoms with Crippen LogP contribution < -0.4 is 5.73 Å². The van der Waals surface area contributed by atoms with Gasteiger partial charge in [-0.3, -0.25) is 0 Å². The minimum atomic E-state index is -4.40. The van der Waals surface area contributed by atoms with E-state index < -0.39 is 11.7 Å². The van der Waals surface area contributed by atoms with Crippen molar-refractivity contribution >= 4 is 29.2 Å². The summed E-state index contributed by atoms with van der Waals surface area (Å²) in [6, 6.07) is 4.35. The Hall–Kier alpha value is -1.53. The average molecular weight is 308 g/mol. The third-order valence-corrected chi connectivity index (χ3v) is 2.89. The number of benzene rings is 1. The molecular weight excluding hydrogens is 302 g/mol. The zero-order chi connectivity index (χ0) is 14.2. The molecule has 0 spiro atoms. The molecular formula is C11H6Cl2F3N3. The van der Waals surface area contributed by atoms with Crippen molar-refractivity contribution in [2.45, 2.75) is 6.18 Å². The van der Waals surface area contributed by atoms with Crippen LogP contribution in [-0.4, -0.2) is 9.97 Å². The minimum Gasteiger partial charge on any atom is -0.368 e. The van der Waals surface area contributed by atoms with Gasteiger partial charge in [0.1, 0.15) is 10.3 Å². The Balaban J connectivity index is 2.49. The number of nitrogen functional groups attached to an aromatic ring is 1. The molecule has 0 fully saturated rings. The molecule has 0 aliphatic rings. The Morgan fingerprint density at radius 2 is 1.42 bits per heavy atom. The van der Waals surface area contributed by atoms with Gasteiger partial charge < -0.3 is 5.73 Å². The molecule has 0 atom stereocenters. The number of rotatable bonds is 1. The highest BCUT2D eigenvalue weighted by molar-refractivity contribution is 6.37. The maximum atomic E-state index is 12.4. The molecule has 0 bridgehead atoms. The van der Waals surface area contributed by atoms with Gasteiger partial charge in [-0.1, -0.05) is 35.3 Å². The Kier molecular flexibility index (Phi) is 3.56. The Bertz CT molecular complexity index is 589. The first-order chi connectivity index (χ1) is 8.79. The lowest BCUT2D eigenvalue weighted by Crippen LogP contribution is -2.04. The van der Waals surface area contributed by atoms with Crippen molar-refractivity contribution in [3.63, 3.8) is 0 Å². The zero-order valence-corrected chi connectivity index (χ0v) is 10.7. The molecule has 2 rings (SSSR count). The number of anilines is 1. The second-order valence-electron chi connectivity index (χ2n) is 3.61. The first-order valence-electron chi connectivity index (χ1n) is 4.95. The molecule has 0 unspecified atom stereocenters. The first-order valence-corrected chi connectivity index (χ1v) is 5.71. The van der Waals surface area contributed by atoms with Crippen LogP contribution >= 0.6 is 23.2 Å². The van der Waals surface area contributed by atoms with Gasteiger partial charge >= 0.3 is 6.18 Å². The van der Waals surface area contributed by atoms with E-state index in [1.807, 2.05) is 0 Å². The largest absolute Gasteiger partial charge is 0.416 e. The first kappa shape index (κ1) is 13.9. The summed E-state index contributed by atoms with van der Waals surface area (Å²) in [7, 11) is 0. The summed E-state index contributed by atoms with van der Waals surface area (Å²) in [5.41, 5.74) is 5.20. The smallest absolute Gasteiger partial charge is 0.368 e. The highest BCUT2D eigenvalue weighted by Gasteiger charge is 2.30. The quantitative estimate of drug-likeness (QED) is 0.809. The molecule has 3 nitrogen and oxygen atoms in total. The molecule has 8 heteroatoms. The topological polar surface area (TPSA) is 51.8 Å². The normalized spacial score (nSPS) is 11.6. The van der Waals surface area contributed by atoms with Gasteiger partial charge in [0, 0.05) is 0 Å². The molecule has 2 N–H and O–H groups in total. The third kappa shape index (κ3) is 2.90. The molecule has 0 aliphatic heterocycles. The number of hydrogen-bond acceptors (Lipinski definition) is 3. The van der Waals surface area contributed by atoms with E-state index in [0.717, 1.165) is 12.1 Å². The lowest BCUT2D eigenvalue weighted by Gasteiger charge is -2.09. The summed E-state index contributed by atoms with van der Waals surface area (Å²) in [5.74, 6) is -0.106. The molecule has 19 heavy (non-hydrogen) atoms. The molecule has 0 radical (unpaired) electrons. The molecule has 1 aromatic heterocycles. The number of halogens is 5. The van der Waals surface area contributed by atoms with Crippen LogP contribution in [0.15, 0.2) is 24.3 Å². The maximum Gasteiger partial charge on any atom is 0.416 e. The van der Waals surface area contributed by atoms with E-state index >= 15 is 0 Å². The zero-order valence-electron chi connectivity index (χ0n) is 9.17. The molecule has 2 aromatic rings. The molecule has 0 saturated carbocycles. The second kappa shape index (κ2) is 4.86. The summed E-state index contributed by atoms with van der Waals surface area (Å²) < 4.78 is 37.3. The van der Waals surface area contributed by atoms with Crippen LogP contribution in [0.1, 0.15) is 5.56 Å². The SMILES string of the molecule is Nc1nc(Cl)c(-c2ccc(C(F)(F)F)cc2)c(Cl)n1. The predicted octanol–water partition coefficient (Wildman–Crippen LogP) is 4.05. The van der Waals surface area contributed by atoms with E-state index in [1.165, 1.54) is 12.1 Å². The highest BCUT2D eigenvalue weighted by atomic mass is 35.5. The summed E-state index contributed by atoms with van der Waals surface area (Å²) in [6.45, 7) is 0. The van der Waals surface area contributed by atoms with Gasteiger partial charge in [0.05, 0.1) is 11.1 Å². The Morgan fingerprint density at radius 3 is 1.84 bits per heavy atom. The van der Waals surface area contributed by atoms with E-state index in [9.17, 15) is 13.2 Å². The van der Waals surface area contributed by atoms with Gasteiger partial charge in [0.2, 0.25) is 5.95 Å². The van der Waals surface area contributed by atoms with Crippen LogP contribution in [0.5, 0.6) is 0 Å². The van der Waals surface area contributed by atoms with Crippen LogP contribution in [0, 0.1) is 0 Å². The number of nitrogens with zero attached hydrogens (tertiary/aromatic N) is 2. The van der Waals surface area contributed by atoms with Gasteiger partial charge in [-0.25, -0.2) is 9.97 Å². The summed E-state index contributed by atoms with van der Waals surface area (Å²) in [6.07, 6.45) is -4.40. The van der Waals surface area contributed by atoms with E-state index in [-0.39, 0.29) is 21.8 Å². The van der Waals surface area contributed by atoms with Crippen molar-refractivity contribution in [2.24, 2.45) is 0 Å². The fourth-order valence-corrected chi connectivity index (χ4v) is 2.11. The summed E-state index contributed by atoms with van der Waals surface area (Å²) >= 11 is 11.7. The van der Waals surface area contributed by atoms with Gasteiger partial charge in [0.25, 0.3) is 0 Å². The van der Waals surface area contributed by atoms with Gasteiger partial charge in [-0.05, 0) is 17.7 Å². The molecule has 100 valence electrons. The Morgan fingerprint density at radius 1 is 0.947 bits per heavy atom. The lowest BCUT2D eigenvalue weighted by molar-refractivity contribution is -0.137. The van der Waals surface area contributed by atoms with Crippen LogP contribution in [-0.2, 0) is 6.18 Å². The number of alkyl halides is 3. The van der Waals surface area contributed by atoms with Gasteiger partial charge in [-0.15, -0.1) is 0 Å². The molecule has 1 aromatic carbocycles. The standard InChI is InChI=1S/C11H6Cl2F3N3/c12-8-7(9(13)19-10(17)18-8)5-1-3-6(4-2-5)11(14,15)16/h1-4H,(H2,17,18,19). The highest BCUT2D eigenvalue weighted by Crippen LogP contribution is 2.35. The van der Waals surface area contributed by atoms with Crippen LogP contribution in [0.25, 0.3) is 11.1 Å². The van der Waals surface area contributed by atoms with Crippen LogP contribution in [0.2, 0.25) is 10.3 Å². The van der Waals surface area contributed by atoms with E-state index in [2.05, 4.69) is 9.97 Å². The van der Waals surface area contributed by atoms with E-state index in [4.69, 9.17) is 28.9 Å². The van der Waals surface area contributed by atoms with Crippen molar-refractivity contribution in [2.75, 3.05) is 5.73 Å². The summed E-state index contributed by atoms with van der Waals surface area (Å²) in [4.78, 5) is 7.41. The molecule has 1 heterocycles. The fourth-order valence-electron chi connectivity index (χ4n) is 1.49. The lowest BCUT2D eigenvalue weighted by atomic mass is 10.1. The minimum absolute atomic E-state index is 0.0164. The Labute approximate surface area is 116 Å². The summed E-state index contributed by atoms with van der Waals surface area (Å²) in [5, 5.41) is -0.0329. The number of aromatic nitrogens is 2. The van der Waals surface area contributed by atoms with Crippen molar-refractivity contribution in [1.82, 2.24) is 9.97 Å². The fraction of sp³-hybridized carbons (Fsp3) is 0.0909. The molecule has 0 aliphatic carbocycles. The monoisotopic (exact) mass is 307 g/mol. The number of nitrogens with two attached hydrogens (primary N) is 1. The molecule has 0 saturated heterocycles.